The van der Waals surface area contributed by atoms with Crippen LogP contribution in [0.3, 0.4) is 0 Å². The van der Waals surface area contributed by atoms with Gasteiger partial charge >= 0.3 is 0 Å². The molecule has 2 bridgehead atoms. The minimum atomic E-state index is -1.08. The third-order valence-electron chi connectivity index (χ3n) is 5.43. The molecule has 0 spiro atoms. The molecular formula is C17H19N2O2-. The first-order chi connectivity index (χ1) is 10.1. The van der Waals surface area contributed by atoms with Crippen LogP contribution in [0.5, 0.6) is 0 Å². The highest BCUT2D eigenvalue weighted by molar-refractivity contribution is 6.02. The number of carboxylic acids is 1. The standard InChI is InChI=1S/C17H20N2O2/c1-18-11-6-7-12(18)9-13(8-11)19-10-15(17(20)21)14-4-2-3-5-16(14)19/h2-5,10-13H,6-9H2,1H3,(H,20,21)/p-1. The minimum absolute atomic E-state index is 0.317. The first kappa shape index (κ1) is 12.9. The second-order valence-electron chi connectivity index (χ2n) is 6.43. The molecule has 2 unspecified atom stereocenters. The van der Waals surface area contributed by atoms with Gasteiger partial charge in [0.2, 0.25) is 0 Å². The van der Waals surface area contributed by atoms with Crippen molar-refractivity contribution in [2.45, 2.75) is 43.8 Å². The van der Waals surface area contributed by atoms with Crippen molar-refractivity contribution in [3.63, 3.8) is 0 Å². The van der Waals surface area contributed by atoms with Gasteiger partial charge in [0, 0.05) is 40.8 Å². The molecule has 110 valence electrons. The van der Waals surface area contributed by atoms with Crippen molar-refractivity contribution in [3.05, 3.63) is 36.0 Å². The number of hydrogen-bond acceptors (Lipinski definition) is 3. The van der Waals surface area contributed by atoms with E-state index in [9.17, 15) is 9.90 Å². The van der Waals surface area contributed by atoms with Gasteiger partial charge in [-0.1, -0.05) is 18.2 Å². The van der Waals surface area contributed by atoms with E-state index in [4.69, 9.17) is 0 Å². The second kappa shape index (κ2) is 4.60. The third kappa shape index (κ3) is 1.89. The van der Waals surface area contributed by atoms with Gasteiger partial charge in [0.15, 0.2) is 0 Å². The number of hydrogen-bond donors (Lipinski definition) is 0. The molecule has 4 nitrogen and oxygen atoms in total. The molecule has 1 aromatic heterocycles. The van der Waals surface area contributed by atoms with Crippen LogP contribution < -0.4 is 5.11 Å². The van der Waals surface area contributed by atoms with E-state index in [1.807, 2.05) is 24.3 Å². The molecule has 0 saturated carbocycles. The van der Waals surface area contributed by atoms with Crippen LogP contribution in [0.2, 0.25) is 0 Å². The fourth-order valence-electron chi connectivity index (χ4n) is 4.28. The molecule has 0 N–H and O–H groups in total. The maximum atomic E-state index is 11.4. The van der Waals surface area contributed by atoms with E-state index in [2.05, 4.69) is 16.5 Å². The number of aromatic nitrogens is 1. The summed E-state index contributed by atoms with van der Waals surface area (Å²) in [6.45, 7) is 0. The van der Waals surface area contributed by atoms with E-state index >= 15 is 0 Å². The first-order valence-electron chi connectivity index (χ1n) is 7.68. The maximum absolute atomic E-state index is 11.4. The lowest BCUT2D eigenvalue weighted by Gasteiger charge is -2.37. The normalized spacial score (nSPS) is 29.1. The molecule has 2 fully saturated rings. The Labute approximate surface area is 124 Å². The van der Waals surface area contributed by atoms with Crippen molar-refractivity contribution in [1.82, 2.24) is 9.47 Å². The van der Waals surface area contributed by atoms with Crippen LogP contribution in [-0.2, 0) is 0 Å². The van der Waals surface area contributed by atoms with Gasteiger partial charge < -0.3 is 19.4 Å². The zero-order valence-electron chi connectivity index (χ0n) is 12.2. The van der Waals surface area contributed by atoms with Crippen LogP contribution in [0.1, 0.15) is 42.1 Å². The molecule has 21 heavy (non-hydrogen) atoms. The van der Waals surface area contributed by atoms with E-state index in [0.717, 1.165) is 23.7 Å². The lowest BCUT2D eigenvalue weighted by Crippen LogP contribution is -2.40. The molecule has 4 heteroatoms. The summed E-state index contributed by atoms with van der Waals surface area (Å²) in [7, 11) is 2.22. The molecule has 2 atom stereocenters. The Morgan fingerprint density at radius 3 is 2.48 bits per heavy atom. The van der Waals surface area contributed by atoms with Crippen LogP contribution in [0.15, 0.2) is 30.5 Å². The Morgan fingerprint density at radius 1 is 1.14 bits per heavy atom. The second-order valence-corrected chi connectivity index (χ2v) is 6.43. The molecule has 4 rings (SSSR count). The number of piperidine rings is 1. The Morgan fingerprint density at radius 2 is 1.81 bits per heavy atom. The van der Waals surface area contributed by atoms with E-state index in [1.54, 1.807) is 6.20 Å². The van der Waals surface area contributed by atoms with E-state index in [-0.39, 0.29) is 0 Å². The topological polar surface area (TPSA) is 48.3 Å². The summed E-state index contributed by atoms with van der Waals surface area (Å²) in [4.78, 5) is 13.9. The number of para-hydroxylation sites is 1. The van der Waals surface area contributed by atoms with Crippen LogP contribution in [0.25, 0.3) is 10.9 Å². The van der Waals surface area contributed by atoms with Crippen molar-refractivity contribution in [2.24, 2.45) is 0 Å². The number of nitrogens with zero attached hydrogens (tertiary/aromatic N) is 2. The van der Waals surface area contributed by atoms with Gasteiger partial charge in [-0.2, -0.15) is 0 Å². The fraction of sp³-hybridized carbons (Fsp3) is 0.471. The van der Waals surface area contributed by atoms with Crippen LogP contribution >= 0.6 is 0 Å². The first-order valence-corrected chi connectivity index (χ1v) is 7.68. The van der Waals surface area contributed by atoms with Gasteiger partial charge in [-0.05, 0) is 38.8 Å². The van der Waals surface area contributed by atoms with Crippen molar-refractivity contribution in [3.8, 4) is 0 Å². The highest BCUT2D eigenvalue weighted by Gasteiger charge is 2.39. The number of carbonyl (C=O) groups excluding carboxylic acids is 1. The number of carbonyl (C=O) groups is 1. The monoisotopic (exact) mass is 283 g/mol. The molecule has 2 aliphatic rings. The Balaban J connectivity index is 1.79. The molecule has 0 aliphatic carbocycles. The van der Waals surface area contributed by atoms with Crippen molar-refractivity contribution < 1.29 is 9.90 Å². The molecular weight excluding hydrogens is 264 g/mol. The third-order valence-corrected chi connectivity index (χ3v) is 5.43. The highest BCUT2D eigenvalue weighted by atomic mass is 16.4. The van der Waals surface area contributed by atoms with Gasteiger partial charge in [0.25, 0.3) is 0 Å². The predicted octanol–water partition coefficient (Wildman–Crippen LogP) is 1.80. The quantitative estimate of drug-likeness (QED) is 0.844. The summed E-state index contributed by atoms with van der Waals surface area (Å²) in [6.07, 6.45) is 6.54. The Kier molecular flexibility index (Phi) is 2.82. The SMILES string of the molecule is CN1C2CCC1CC(n1cc(C(=O)[O-])c3ccccc31)C2. The van der Waals surface area contributed by atoms with Gasteiger partial charge in [-0.15, -0.1) is 0 Å². The zero-order valence-corrected chi connectivity index (χ0v) is 12.2. The minimum Gasteiger partial charge on any atom is -0.545 e. The average molecular weight is 283 g/mol. The summed E-state index contributed by atoms with van der Waals surface area (Å²) in [5.74, 6) is -1.08. The lowest BCUT2D eigenvalue weighted by molar-refractivity contribution is -0.254. The van der Waals surface area contributed by atoms with Gasteiger partial charge in [0.1, 0.15) is 0 Å². The predicted molar refractivity (Wildman–Crippen MR) is 79.1 cm³/mol. The molecule has 2 saturated heterocycles. The smallest absolute Gasteiger partial charge is 0.0736 e. The van der Waals surface area contributed by atoms with E-state index in [0.29, 0.717) is 23.7 Å². The van der Waals surface area contributed by atoms with E-state index < -0.39 is 5.97 Å². The molecule has 3 heterocycles. The maximum Gasteiger partial charge on any atom is 0.0736 e. The van der Waals surface area contributed by atoms with Crippen molar-refractivity contribution >= 4 is 16.9 Å². The van der Waals surface area contributed by atoms with Gasteiger partial charge in [0.05, 0.1) is 5.97 Å². The largest absolute Gasteiger partial charge is 0.545 e. The van der Waals surface area contributed by atoms with E-state index in [1.165, 1.54) is 12.8 Å². The average Bonchev–Trinajstić information content (AvgIpc) is 2.93. The highest BCUT2D eigenvalue weighted by Crippen LogP contribution is 2.41. The summed E-state index contributed by atoms with van der Waals surface area (Å²) in [6, 6.07) is 9.43. The van der Waals surface area contributed by atoms with Crippen molar-refractivity contribution in [1.29, 1.82) is 0 Å². The van der Waals surface area contributed by atoms with Gasteiger partial charge in [-0.3, -0.25) is 0 Å². The number of fused-ring (bicyclic) bond motifs is 3. The van der Waals surface area contributed by atoms with Crippen LogP contribution in [0.4, 0.5) is 0 Å². The van der Waals surface area contributed by atoms with Crippen LogP contribution in [0, 0.1) is 0 Å². The molecule has 1 aromatic carbocycles. The summed E-state index contributed by atoms with van der Waals surface area (Å²) in [5, 5.41) is 12.2. The number of rotatable bonds is 2. The molecule has 0 amide bonds. The molecule has 2 aromatic rings. The fourth-order valence-corrected chi connectivity index (χ4v) is 4.28. The van der Waals surface area contributed by atoms with Crippen molar-refractivity contribution in [2.75, 3.05) is 7.05 Å². The number of carboxylic acid groups (broad SMARTS) is 1. The van der Waals surface area contributed by atoms with Gasteiger partial charge in [-0.25, -0.2) is 0 Å². The Bertz CT molecular complexity index is 692. The van der Waals surface area contributed by atoms with Crippen LogP contribution in [-0.4, -0.2) is 34.6 Å². The molecule has 0 radical (unpaired) electrons. The zero-order chi connectivity index (χ0) is 14.6. The lowest BCUT2D eigenvalue weighted by atomic mass is 9.97. The number of benzene rings is 1. The summed E-state index contributed by atoms with van der Waals surface area (Å²) in [5.41, 5.74) is 1.34. The molecule has 2 aliphatic heterocycles. The summed E-state index contributed by atoms with van der Waals surface area (Å²) < 4.78 is 2.18. The Hall–Kier alpha value is -1.81. The number of aromatic carboxylic acids is 1. The summed E-state index contributed by atoms with van der Waals surface area (Å²) >= 11 is 0.